The van der Waals surface area contributed by atoms with E-state index in [1.807, 2.05) is 0 Å². The molecule has 1 aromatic carbocycles. The highest BCUT2D eigenvalue weighted by Crippen LogP contribution is 2.32. The van der Waals surface area contributed by atoms with Crippen LogP contribution in [0.1, 0.15) is 33.6 Å². The van der Waals surface area contributed by atoms with Gasteiger partial charge in [-0.25, -0.2) is 0 Å². The standard InChI is InChI=1S/C24H32N4O9/c29-16-25-6-8-34-10-12-36-14-15-37-13-11-35-9-7-26-18-3-1-2-17-21(18)24(33)28(23(17)32)19-4-5-20(30)27-22(19)31/h1-3,16,19,26H,4-15H2,(H,25,29)(H,27,30,31). The number of fused-ring (bicyclic) bond motifs is 1. The molecule has 1 aromatic rings. The molecule has 13 nitrogen and oxygen atoms in total. The van der Waals surface area contributed by atoms with Crippen molar-refractivity contribution >= 4 is 35.7 Å². The topological polar surface area (TPSA) is 162 Å². The van der Waals surface area contributed by atoms with Gasteiger partial charge in [0.25, 0.3) is 11.8 Å². The SMILES string of the molecule is O=CNCCOCCOCCOCCOCCNc1cccc2c1C(=O)N(C1CCC(=O)NC1=O)C2=O. The van der Waals surface area contributed by atoms with Crippen molar-refractivity contribution in [1.29, 1.82) is 0 Å². The summed E-state index contributed by atoms with van der Waals surface area (Å²) in [6, 6.07) is 3.89. The predicted molar refractivity (Wildman–Crippen MR) is 129 cm³/mol. The molecular weight excluding hydrogens is 488 g/mol. The average Bonchev–Trinajstić information content (AvgIpc) is 3.14. The summed E-state index contributed by atoms with van der Waals surface area (Å²) in [5.41, 5.74) is 0.910. The molecule has 0 saturated carbocycles. The molecule has 13 heteroatoms. The van der Waals surface area contributed by atoms with Crippen molar-refractivity contribution in [2.45, 2.75) is 18.9 Å². The molecule has 0 aliphatic carbocycles. The highest BCUT2D eigenvalue weighted by molar-refractivity contribution is 6.25. The van der Waals surface area contributed by atoms with E-state index in [1.54, 1.807) is 18.2 Å². The summed E-state index contributed by atoms with van der Waals surface area (Å²) in [6.07, 6.45) is 0.800. The number of anilines is 1. The Morgan fingerprint density at radius 1 is 0.865 bits per heavy atom. The molecule has 3 N–H and O–H groups in total. The lowest BCUT2D eigenvalue weighted by Gasteiger charge is -2.27. The van der Waals surface area contributed by atoms with E-state index in [4.69, 9.17) is 18.9 Å². The van der Waals surface area contributed by atoms with Crippen LogP contribution in [0.15, 0.2) is 18.2 Å². The summed E-state index contributed by atoms with van der Waals surface area (Å²) in [5, 5.41) is 7.79. The minimum atomic E-state index is -1.00. The number of benzene rings is 1. The molecule has 0 radical (unpaired) electrons. The maximum absolute atomic E-state index is 13.0. The van der Waals surface area contributed by atoms with Crippen LogP contribution >= 0.6 is 0 Å². The molecule has 2 aliphatic rings. The van der Waals surface area contributed by atoms with Gasteiger partial charge in [-0.15, -0.1) is 0 Å². The number of nitrogens with one attached hydrogen (secondary N) is 3. The Bertz CT molecular complexity index is 972. The second-order valence-corrected chi connectivity index (χ2v) is 8.12. The largest absolute Gasteiger partial charge is 0.382 e. The van der Waals surface area contributed by atoms with E-state index < -0.39 is 29.7 Å². The van der Waals surface area contributed by atoms with Crippen molar-refractivity contribution in [3.05, 3.63) is 29.3 Å². The number of hydrogen-bond donors (Lipinski definition) is 3. The number of amides is 5. The Labute approximate surface area is 214 Å². The molecule has 2 heterocycles. The van der Waals surface area contributed by atoms with Crippen LogP contribution in [0.4, 0.5) is 5.69 Å². The average molecular weight is 521 g/mol. The molecule has 1 saturated heterocycles. The monoisotopic (exact) mass is 520 g/mol. The Morgan fingerprint density at radius 3 is 2.11 bits per heavy atom. The zero-order valence-electron chi connectivity index (χ0n) is 20.5. The predicted octanol–water partition coefficient (Wildman–Crippen LogP) is -0.688. The first kappa shape index (κ1) is 28.2. The molecular formula is C24H32N4O9. The van der Waals surface area contributed by atoms with Crippen molar-refractivity contribution < 1.29 is 42.9 Å². The molecule has 0 aromatic heterocycles. The first-order valence-electron chi connectivity index (χ1n) is 12.1. The third-order valence-corrected chi connectivity index (χ3v) is 5.62. The summed E-state index contributed by atoms with van der Waals surface area (Å²) >= 11 is 0. The maximum atomic E-state index is 13.0. The van der Waals surface area contributed by atoms with Gasteiger partial charge in [0.15, 0.2) is 0 Å². The van der Waals surface area contributed by atoms with Gasteiger partial charge in [0.1, 0.15) is 6.04 Å². The van der Waals surface area contributed by atoms with Gasteiger partial charge in [-0.1, -0.05) is 6.07 Å². The van der Waals surface area contributed by atoms with Crippen LogP contribution in [0.2, 0.25) is 0 Å². The molecule has 1 atom stereocenters. The van der Waals surface area contributed by atoms with Crippen LogP contribution in [-0.2, 0) is 33.3 Å². The minimum absolute atomic E-state index is 0.0697. The molecule has 5 amide bonds. The van der Waals surface area contributed by atoms with Crippen molar-refractivity contribution in [2.75, 3.05) is 71.3 Å². The van der Waals surface area contributed by atoms with Gasteiger partial charge in [0.05, 0.1) is 64.0 Å². The first-order chi connectivity index (χ1) is 18.0. The van der Waals surface area contributed by atoms with Crippen LogP contribution in [-0.4, -0.2) is 107 Å². The number of piperidine rings is 1. The summed E-state index contributed by atoms with van der Waals surface area (Å²) in [5.74, 6) is -2.16. The Balaban J connectivity index is 1.29. The van der Waals surface area contributed by atoms with E-state index >= 15 is 0 Å². The highest BCUT2D eigenvalue weighted by Gasteiger charge is 2.45. The Morgan fingerprint density at radius 2 is 1.49 bits per heavy atom. The van der Waals surface area contributed by atoms with Crippen LogP contribution in [0.3, 0.4) is 0 Å². The smallest absolute Gasteiger partial charge is 0.264 e. The fourth-order valence-corrected chi connectivity index (χ4v) is 3.87. The molecule has 3 rings (SSSR count). The third-order valence-electron chi connectivity index (χ3n) is 5.62. The Hall–Kier alpha value is -3.39. The van der Waals surface area contributed by atoms with E-state index in [-0.39, 0.29) is 24.0 Å². The van der Waals surface area contributed by atoms with Gasteiger partial charge in [0, 0.05) is 25.2 Å². The fourth-order valence-electron chi connectivity index (χ4n) is 3.87. The van der Waals surface area contributed by atoms with Gasteiger partial charge in [-0.05, 0) is 18.6 Å². The number of rotatable bonds is 18. The number of carbonyl (C=O) groups is 5. The van der Waals surface area contributed by atoms with Gasteiger partial charge >= 0.3 is 0 Å². The van der Waals surface area contributed by atoms with Gasteiger partial charge in [-0.2, -0.15) is 0 Å². The molecule has 1 unspecified atom stereocenters. The second-order valence-electron chi connectivity index (χ2n) is 8.12. The second kappa shape index (κ2) is 15.0. The van der Waals surface area contributed by atoms with E-state index in [2.05, 4.69) is 16.0 Å². The summed E-state index contributed by atoms with van der Waals surface area (Å²) in [7, 11) is 0. The molecule has 2 aliphatic heterocycles. The van der Waals surface area contributed by atoms with E-state index in [1.165, 1.54) is 0 Å². The van der Waals surface area contributed by atoms with Gasteiger partial charge in [-0.3, -0.25) is 34.2 Å². The number of ether oxygens (including phenoxy) is 4. The lowest BCUT2D eigenvalue weighted by Crippen LogP contribution is -2.54. The summed E-state index contributed by atoms with van der Waals surface area (Å²) < 4.78 is 21.6. The van der Waals surface area contributed by atoms with Crippen LogP contribution in [0, 0.1) is 0 Å². The lowest BCUT2D eigenvalue weighted by molar-refractivity contribution is -0.136. The first-order valence-corrected chi connectivity index (χ1v) is 12.1. The zero-order chi connectivity index (χ0) is 26.5. The van der Waals surface area contributed by atoms with Gasteiger partial charge in [0.2, 0.25) is 18.2 Å². The zero-order valence-corrected chi connectivity index (χ0v) is 20.5. The fraction of sp³-hybridized carbons (Fsp3) is 0.542. The lowest BCUT2D eigenvalue weighted by atomic mass is 10.0. The van der Waals surface area contributed by atoms with Gasteiger partial charge < -0.3 is 29.6 Å². The van der Waals surface area contributed by atoms with E-state index in [0.29, 0.717) is 78.0 Å². The van der Waals surface area contributed by atoms with Crippen molar-refractivity contribution in [3.63, 3.8) is 0 Å². The quantitative estimate of drug-likeness (QED) is 0.128. The molecule has 0 spiro atoms. The normalized spacial score (nSPS) is 17.1. The molecule has 202 valence electrons. The number of hydrogen-bond acceptors (Lipinski definition) is 10. The number of carbonyl (C=O) groups excluding carboxylic acids is 5. The van der Waals surface area contributed by atoms with E-state index in [0.717, 1.165) is 4.90 Å². The third kappa shape index (κ3) is 8.05. The van der Waals surface area contributed by atoms with Crippen molar-refractivity contribution in [2.24, 2.45) is 0 Å². The molecule has 37 heavy (non-hydrogen) atoms. The maximum Gasteiger partial charge on any atom is 0.264 e. The van der Waals surface area contributed by atoms with Crippen LogP contribution < -0.4 is 16.0 Å². The van der Waals surface area contributed by atoms with Crippen molar-refractivity contribution in [3.8, 4) is 0 Å². The Kier molecular flexibility index (Phi) is 11.4. The molecule has 1 fully saturated rings. The number of nitrogens with zero attached hydrogens (tertiary/aromatic N) is 1. The van der Waals surface area contributed by atoms with Crippen LogP contribution in [0.5, 0.6) is 0 Å². The summed E-state index contributed by atoms with van der Waals surface area (Å²) in [4.78, 5) is 60.6. The van der Waals surface area contributed by atoms with Crippen LogP contribution in [0.25, 0.3) is 0 Å². The van der Waals surface area contributed by atoms with E-state index in [9.17, 15) is 24.0 Å². The minimum Gasteiger partial charge on any atom is -0.382 e. The summed E-state index contributed by atoms with van der Waals surface area (Å²) in [6.45, 7) is 4.15. The van der Waals surface area contributed by atoms with Crippen molar-refractivity contribution in [1.82, 2.24) is 15.5 Å². The highest BCUT2D eigenvalue weighted by atomic mass is 16.6. The molecule has 0 bridgehead atoms. The number of imide groups is 2.